The molecule has 1 aliphatic rings. The lowest BCUT2D eigenvalue weighted by Gasteiger charge is -2.22. The van der Waals surface area contributed by atoms with E-state index in [-0.39, 0.29) is 48.6 Å². The molecule has 13 heteroatoms. The molecular formula is C24H27Cl2F3N6O2. The van der Waals surface area contributed by atoms with E-state index >= 15 is 0 Å². The van der Waals surface area contributed by atoms with Crippen molar-refractivity contribution in [2.24, 2.45) is 0 Å². The number of aryl methyl sites for hydroxylation is 2. The number of halogens is 5. The molecule has 1 amide bonds. The number of nitrogens with zero attached hydrogens (tertiary/aromatic N) is 3. The fourth-order valence-corrected chi connectivity index (χ4v) is 4.21. The van der Waals surface area contributed by atoms with Gasteiger partial charge in [0.2, 0.25) is 5.91 Å². The minimum atomic E-state index is -4.52. The van der Waals surface area contributed by atoms with Gasteiger partial charge in [0.15, 0.2) is 5.82 Å². The number of amides is 1. The lowest BCUT2D eigenvalue weighted by molar-refractivity contribution is -0.147. The fraction of sp³-hybridized carbons (Fsp3) is 0.333. The summed E-state index contributed by atoms with van der Waals surface area (Å²) in [4.78, 5) is 34.2. The predicted molar refractivity (Wildman–Crippen MR) is 139 cm³/mol. The number of anilines is 2. The van der Waals surface area contributed by atoms with E-state index in [1.54, 1.807) is 25.1 Å². The predicted octanol–water partition coefficient (Wildman–Crippen LogP) is 3.93. The van der Waals surface area contributed by atoms with Gasteiger partial charge in [-0.05, 0) is 37.0 Å². The van der Waals surface area contributed by atoms with Crippen molar-refractivity contribution >= 4 is 42.4 Å². The van der Waals surface area contributed by atoms with Crippen LogP contribution in [0.15, 0.2) is 53.5 Å². The van der Waals surface area contributed by atoms with Crippen LogP contribution in [0.25, 0.3) is 0 Å². The van der Waals surface area contributed by atoms with Crippen molar-refractivity contribution < 1.29 is 18.0 Å². The van der Waals surface area contributed by atoms with Crippen LogP contribution >= 0.6 is 24.8 Å². The molecule has 4 N–H and O–H groups in total. The van der Waals surface area contributed by atoms with E-state index in [1.807, 2.05) is 0 Å². The van der Waals surface area contributed by atoms with Crippen molar-refractivity contribution in [3.05, 3.63) is 81.5 Å². The van der Waals surface area contributed by atoms with Gasteiger partial charge in [0.1, 0.15) is 11.9 Å². The highest BCUT2D eigenvalue weighted by Gasteiger charge is 2.40. The van der Waals surface area contributed by atoms with Gasteiger partial charge in [-0.1, -0.05) is 36.4 Å². The smallest absolute Gasteiger partial charge is 0.384 e. The van der Waals surface area contributed by atoms with Crippen LogP contribution in [0.5, 0.6) is 0 Å². The van der Waals surface area contributed by atoms with Crippen molar-refractivity contribution in [2.45, 2.75) is 44.4 Å². The topological polar surface area (TPSA) is 115 Å². The first kappa shape index (κ1) is 29.9. The zero-order chi connectivity index (χ0) is 25.2. The number of pyridine rings is 1. The summed E-state index contributed by atoms with van der Waals surface area (Å²) >= 11 is 0. The average molecular weight is 559 g/mol. The normalized spacial score (nSPS) is 15.1. The minimum absolute atomic E-state index is 0. The van der Waals surface area contributed by atoms with Gasteiger partial charge in [0, 0.05) is 30.7 Å². The highest BCUT2D eigenvalue weighted by Crippen LogP contribution is 2.34. The van der Waals surface area contributed by atoms with Gasteiger partial charge in [-0.2, -0.15) is 13.2 Å². The number of hydrogen-bond donors (Lipinski definition) is 3. The zero-order valence-corrected chi connectivity index (χ0v) is 21.4. The zero-order valence-electron chi connectivity index (χ0n) is 19.8. The monoisotopic (exact) mass is 558 g/mol. The van der Waals surface area contributed by atoms with E-state index in [0.717, 1.165) is 5.56 Å². The van der Waals surface area contributed by atoms with Crippen LogP contribution in [0, 0.1) is 6.92 Å². The van der Waals surface area contributed by atoms with Crippen LogP contribution in [0.3, 0.4) is 0 Å². The number of fused-ring (bicyclic) bond motifs is 1. The molecule has 3 aromatic rings. The van der Waals surface area contributed by atoms with Gasteiger partial charge in [0.25, 0.3) is 5.56 Å². The Morgan fingerprint density at radius 2 is 1.89 bits per heavy atom. The maximum absolute atomic E-state index is 13.7. The lowest BCUT2D eigenvalue weighted by atomic mass is 9.98. The average Bonchev–Trinajstić information content (AvgIpc) is 3.25. The number of carbonyl (C=O) groups is 1. The van der Waals surface area contributed by atoms with E-state index in [2.05, 4.69) is 20.6 Å². The van der Waals surface area contributed by atoms with E-state index in [9.17, 15) is 22.8 Å². The SMILES string of the molecule is Cc1nc(N)ccc1CNC(=O)[C@@H]1CCc2cnc(NC[C@H](c3ccccc3)C(F)(F)F)c(=O)n21.Cl.Cl. The van der Waals surface area contributed by atoms with Crippen molar-refractivity contribution in [2.75, 3.05) is 17.6 Å². The highest BCUT2D eigenvalue weighted by molar-refractivity contribution is 5.85. The van der Waals surface area contributed by atoms with Gasteiger partial charge in [-0.15, -0.1) is 24.8 Å². The fourth-order valence-electron chi connectivity index (χ4n) is 4.21. The second-order valence-electron chi connectivity index (χ2n) is 8.41. The molecule has 4 rings (SSSR count). The van der Waals surface area contributed by atoms with Crippen LogP contribution in [0.1, 0.15) is 40.9 Å². The van der Waals surface area contributed by atoms with Gasteiger partial charge in [-0.3, -0.25) is 14.2 Å². The van der Waals surface area contributed by atoms with Crippen LogP contribution in [0.4, 0.5) is 24.8 Å². The quantitative estimate of drug-likeness (QED) is 0.404. The minimum Gasteiger partial charge on any atom is -0.384 e. The summed E-state index contributed by atoms with van der Waals surface area (Å²) < 4.78 is 42.3. The molecule has 0 bridgehead atoms. The third-order valence-corrected chi connectivity index (χ3v) is 6.10. The van der Waals surface area contributed by atoms with Crippen molar-refractivity contribution in [3.8, 4) is 0 Å². The molecule has 0 spiro atoms. The molecule has 0 fully saturated rings. The number of nitrogen functional groups attached to an aromatic ring is 1. The standard InChI is InChI=1S/C24H25F3N6O2.2ClH/c1-14-16(7-10-20(28)32-14)11-31-22(34)19-9-8-17-12-29-21(23(35)33(17)19)30-13-18(24(25,26)27)15-5-3-2-4-6-15;;/h2-7,10,12,18-19H,8-9,11,13H2,1H3,(H2,28,32)(H,29,30)(H,31,34);2*1H/t18-,19+;;/m1../s1. The van der Waals surface area contributed by atoms with Crippen molar-refractivity contribution in [1.82, 2.24) is 19.9 Å². The Hall–Kier alpha value is -3.31. The second-order valence-corrected chi connectivity index (χ2v) is 8.41. The third-order valence-electron chi connectivity index (χ3n) is 6.10. The molecule has 0 radical (unpaired) electrons. The van der Waals surface area contributed by atoms with Gasteiger partial charge in [0.05, 0.1) is 5.92 Å². The van der Waals surface area contributed by atoms with Gasteiger partial charge < -0.3 is 16.4 Å². The Morgan fingerprint density at radius 1 is 1.19 bits per heavy atom. The summed E-state index contributed by atoms with van der Waals surface area (Å²) in [6.07, 6.45) is -2.24. The Balaban J connectivity index is 0.00000241. The molecular weight excluding hydrogens is 532 g/mol. The number of benzene rings is 1. The molecule has 3 heterocycles. The highest BCUT2D eigenvalue weighted by atomic mass is 35.5. The molecule has 1 aliphatic heterocycles. The molecule has 2 aromatic heterocycles. The molecule has 0 unspecified atom stereocenters. The summed E-state index contributed by atoms with van der Waals surface area (Å²) in [7, 11) is 0. The second kappa shape index (κ2) is 12.3. The maximum atomic E-state index is 13.7. The molecule has 0 aliphatic carbocycles. The molecule has 8 nitrogen and oxygen atoms in total. The van der Waals surface area contributed by atoms with Gasteiger partial charge in [-0.25, -0.2) is 9.97 Å². The summed E-state index contributed by atoms with van der Waals surface area (Å²) in [6, 6.07) is 10.1. The van der Waals surface area contributed by atoms with Crippen LogP contribution in [0.2, 0.25) is 0 Å². The summed E-state index contributed by atoms with van der Waals surface area (Å²) in [5.74, 6) is -2.03. The van der Waals surface area contributed by atoms with Crippen LogP contribution in [-0.4, -0.2) is 33.2 Å². The van der Waals surface area contributed by atoms with E-state index in [1.165, 1.54) is 35.0 Å². The van der Waals surface area contributed by atoms with Crippen molar-refractivity contribution in [3.63, 3.8) is 0 Å². The Labute approximate surface area is 223 Å². The van der Waals surface area contributed by atoms with Crippen LogP contribution in [-0.2, 0) is 17.8 Å². The van der Waals surface area contributed by atoms with Crippen molar-refractivity contribution in [1.29, 1.82) is 0 Å². The summed E-state index contributed by atoms with van der Waals surface area (Å²) in [6.45, 7) is 1.43. The molecule has 2 atom stereocenters. The first-order valence-corrected chi connectivity index (χ1v) is 11.1. The number of rotatable bonds is 7. The number of carbonyl (C=O) groups excluding carboxylic acids is 1. The Morgan fingerprint density at radius 3 is 2.54 bits per heavy atom. The van der Waals surface area contributed by atoms with Crippen LogP contribution < -0.4 is 21.9 Å². The molecule has 200 valence electrons. The molecule has 1 aromatic carbocycles. The molecule has 0 saturated carbocycles. The first-order chi connectivity index (χ1) is 16.6. The largest absolute Gasteiger partial charge is 0.397 e. The summed E-state index contributed by atoms with van der Waals surface area (Å²) in [5, 5.41) is 5.37. The lowest BCUT2D eigenvalue weighted by Crippen LogP contribution is -2.37. The van der Waals surface area contributed by atoms with E-state index in [4.69, 9.17) is 5.73 Å². The molecule has 37 heavy (non-hydrogen) atoms. The number of aromatic nitrogens is 3. The first-order valence-electron chi connectivity index (χ1n) is 11.1. The number of alkyl halides is 3. The number of hydrogen-bond acceptors (Lipinski definition) is 6. The van der Waals surface area contributed by atoms with E-state index < -0.39 is 30.2 Å². The van der Waals surface area contributed by atoms with E-state index in [0.29, 0.717) is 30.0 Å². The summed E-state index contributed by atoms with van der Waals surface area (Å²) in [5.41, 5.74) is 7.14. The Kier molecular flexibility index (Phi) is 9.93. The maximum Gasteiger partial charge on any atom is 0.397 e. The third kappa shape index (κ3) is 6.72. The Bertz CT molecular complexity index is 1290. The van der Waals surface area contributed by atoms with Gasteiger partial charge >= 0.3 is 6.18 Å². The number of nitrogens with one attached hydrogen (secondary N) is 2. The molecule has 0 saturated heterocycles. The number of nitrogens with two attached hydrogens (primary N) is 1.